The van der Waals surface area contributed by atoms with E-state index in [1.807, 2.05) is 57.3 Å². The van der Waals surface area contributed by atoms with E-state index >= 15 is 0 Å². The summed E-state index contributed by atoms with van der Waals surface area (Å²) in [5.41, 5.74) is 7.40. The molecule has 0 fully saturated rings. The molecule has 174 valence electrons. The van der Waals surface area contributed by atoms with Crippen molar-refractivity contribution in [2.45, 2.75) is 20.8 Å². The van der Waals surface area contributed by atoms with Gasteiger partial charge in [0.1, 0.15) is 11.3 Å². The number of amides is 1. The molecule has 6 heteroatoms. The number of fused-ring (bicyclic) bond motifs is 1. The molecule has 6 nitrogen and oxygen atoms in total. The van der Waals surface area contributed by atoms with Crippen molar-refractivity contribution in [2.24, 2.45) is 0 Å². The van der Waals surface area contributed by atoms with Gasteiger partial charge in [0.05, 0.1) is 19.8 Å². The third kappa shape index (κ3) is 3.92. The highest BCUT2D eigenvalue weighted by atomic mass is 16.5. The smallest absolute Gasteiger partial charge is 0.341 e. The van der Waals surface area contributed by atoms with E-state index in [2.05, 4.69) is 16.4 Å². The van der Waals surface area contributed by atoms with Crippen molar-refractivity contribution < 1.29 is 19.1 Å². The molecule has 4 aromatic rings. The summed E-state index contributed by atoms with van der Waals surface area (Å²) in [4.78, 5) is 29.0. The number of para-hydroxylation sites is 1. The molecule has 4 rings (SSSR count). The number of rotatable bonds is 6. The lowest BCUT2D eigenvalue weighted by Crippen LogP contribution is -2.24. The Balaban J connectivity index is 2.05. The topological polar surface area (TPSA) is 80.4 Å². The summed E-state index contributed by atoms with van der Waals surface area (Å²) in [6.07, 6.45) is 1.96. The van der Waals surface area contributed by atoms with Gasteiger partial charge in [-0.05, 0) is 61.2 Å². The molecule has 0 aliphatic heterocycles. The van der Waals surface area contributed by atoms with Gasteiger partial charge in [-0.2, -0.15) is 0 Å². The Bertz CT molecular complexity index is 1400. The zero-order valence-corrected chi connectivity index (χ0v) is 20.0. The molecule has 0 aliphatic carbocycles. The fourth-order valence-electron chi connectivity index (χ4n) is 4.38. The molecular weight excluding hydrogens is 428 g/mol. The number of aromatic nitrogens is 1. The number of carbonyl (C=O) groups is 2. The molecule has 3 aromatic carbocycles. The van der Waals surface area contributed by atoms with Crippen molar-refractivity contribution in [3.8, 4) is 28.0 Å². The Kier molecular flexibility index (Phi) is 6.41. The van der Waals surface area contributed by atoms with Crippen LogP contribution in [0.2, 0.25) is 0 Å². The second-order valence-electron chi connectivity index (χ2n) is 8.13. The summed E-state index contributed by atoms with van der Waals surface area (Å²) in [6.45, 7) is 6.49. The quantitative estimate of drug-likeness (QED) is 0.367. The van der Waals surface area contributed by atoms with Gasteiger partial charge in [0, 0.05) is 34.8 Å². The van der Waals surface area contributed by atoms with E-state index in [-0.39, 0.29) is 5.91 Å². The number of hydrogen-bond acceptors (Lipinski definition) is 4. The summed E-state index contributed by atoms with van der Waals surface area (Å²) in [5, 5.41) is 4.03. The second-order valence-corrected chi connectivity index (χ2v) is 8.13. The average molecular weight is 457 g/mol. The van der Waals surface area contributed by atoms with E-state index in [9.17, 15) is 9.59 Å². The van der Waals surface area contributed by atoms with Gasteiger partial charge in [-0.25, -0.2) is 4.79 Å². The van der Waals surface area contributed by atoms with Crippen LogP contribution in [0.3, 0.4) is 0 Å². The largest absolute Gasteiger partial charge is 0.496 e. The SMILES string of the molecule is CCNC(=O)c1c(-c2ccc(C(=O)OC)c(OC)c2)cc(C)c(C)c1-c1c[nH]c2ccccc12. The highest BCUT2D eigenvalue weighted by molar-refractivity contribution is 6.11. The molecule has 1 aromatic heterocycles. The molecule has 0 saturated heterocycles. The predicted octanol–water partition coefficient (Wildman–Crippen LogP) is 5.66. The number of methoxy groups -OCH3 is 2. The fourth-order valence-corrected chi connectivity index (χ4v) is 4.38. The van der Waals surface area contributed by atoms with Gasteiger partial charge in [-0.3, -0.25) is 4.79 Å². The van der Waals surface area contributed by atoms with Crippen molar-refractivity contribution in [1.82, 2.24) is 10.3 Å². The van der Waals surface area contributed by atoms with E-state index in [1.54, 1.807) is 12.1 Å². The summed E-state index contributed by atoms with van der Waals surface area (Å²) in [5.74, 6) is -0.248. The van der Waals surface area contributed by atoms with Crippen LogP contribution in [0.4, 0.5) is 0 Å². The van der Waals surface area contributed by atoms with Crippen molar-refractivity contribution in [3.63, 3.8) is 0 Å². The van der Waals surface area contributed by atoms with Crippen LogP contribution in [0.25, 0.3) is 33.2 Å². The maximum atomic E-state index is 13.5. The highest BCUT2D eigenvalue weighted by Crippen LogP contribution is 2.41. The lowest BCUT2D eigenvalue weighted by molar-refractivity contribution is 0.0597. The summed E-state index contributed by atoms with van der Waals surface area (Å²) in [7, 11) is 2.84. The molecule has 1 heterocycles. The van der Waals surface area contributed by atoms with Crippen LogP contribution in [0.15, 0.2) is 54.7 Å². The number of aromatic amines is 1. The van der Waals surface area contributed by atoms with Gasteiger partial charge in [0.2, 0.25) is 0 Å². The van der Waals surface area contributed by atoms with Crippen LogP contribution >= 0.6 is 0 Å². The molecular formula is C28H28N2O4. The fraction of sp³-hybridized carbons (Fsp3) is 0.214. The third-order valence-corrected chi connectivity index (χ3v) is 6.19. The van der Waals surface area contributed by atoms with Gasteiger partial charge in [0.15, 0.2) is 0 Å². The Morgan fingerprint density at radius 2 is 1.76 bits per heavy atom. The first kappa shape index (κ1) is 23.1. The zero-order valence-electron chi connectivity index (χ0n) is 20.0. The van der Waals surface area contributed by atoms with Crippen LogP contribution in [-0.4, -0.2) is 37.6 Å². The number of aryl methyl sites for hydroxylation is 1. The van der Waals surface area contributed by atoms with E-state index in [0.29, 0.717) is 23.4 Å². The first-order chi connectivity index (χ1) is 16.4. The maximum absolute atomic E-state index is 13.5. The zero-order chi connectivity index (χ0) is 24.4. The Labute approximate surface area is 198 Å². The molecule has 0 unspecified atom stereocenters. The molecule has 0 radical (unpaired) electrons. The van der Waals surface area contributed by atoms with Crippen LogP contribution in [0.1, 0.15) is 38.8 Å². The number of ether oxygens (including phenoxy) is 2. The van der Waals surface area contributed by atoms with Crippen molar-refractivity contribution in [3.05, 3.63) is 77.0 Å². The number of hydrogen-bond donors (Lipinski definition) is 2. The summed E-state index contributed by atoms with van der Waals surface area (Å²) in [6, 6.07) is 15.3. The van der Waals surface area contributed by atoms with Gasteiger partial charge < -0.3 is 19.8 Å². The molecule has 0 aliphatic rings. The predicted molar refractivity (Wildman–Crippen MR) is 135 cm³/mol. The Morgan fingerprint density at radius 1 is 1.00 bits per heavy atom. The molecule has 0 atom stereocenters. The highest BCUT2D eigenvalue weighted by Gasteiger charge is 2.24. The van der Waals surface area contributed by atoms with Crippen LogP contribution in [0.5, 0.6) is 5.75 Å². The van der Waals surface area contributed by atoms with E-state index in [1.165, 1.54) is 14.2 Å². The number of carbonyl (C=O) groups excluding carboxylic acids is 2. The van der Waals surface area contributed by atoms with Crippen LogP contribution in [0, 0.1) is 13.8 Å². The minimum absolute atomic E-state index is 0.156. The average Bonchev–Trinajstić information content (AvgIpc) is 3.28. The molecule has 0 saturated carbocycles. The van der Waals surface area contributed by atoms with Crippen molar-refractivity contribution in [2.75, 3.05) is 20.8 Å². The van der Waals surface area contributed by atoms with Gasteiger partial charge >= 0.3 is 5.97 Å². The van der Waals surface area contributed by atoms with Gasteiger partial charge in [-0.1, -0.05) is 30.3 Å². The number of benzene rings is 3. The second kappa shape index (κ2) is 9.43. The third-order valence-electron chi connectivity index (χ3n) is 6.19. The lowest BCUT2D eigenvalue weighted by atomic mass is 9.85. The van der Waals surface area contributed by atoms with Crippen molar-refractivity contribution >= 4 is 22.8 Å². The van der Waals surface area contributed by atoms with E-state index < -0.39 is 5.97 Å². The lowest BCUT2D eigenvalue weighted by Gasteiger charge is -2.20. The van der Waals surface area contributed by atoms with Gasteiger partial charge in [0.25, 0.3) is 5.91 Å². The van der Waals surface area contributed by atoms with E-state index in [4.69, 9.17) is 9.47 Å². The standard InChI is InChI=1S/C28H28N2O4/c1-6-29-27(31)26-21(18-11-12-20(28(32)34-5)24(14-18)33-4)13-16(2)17(3)25(26)22-15-30-23-10-8-7-9-19(22)23/h7-15,30H,6H2,1-5H3,(H,29,31). The number of H-pyrrole nitrogens is 1. The first-order valence-electron chi connectivity index (χ1n) is 11.2. The first-order valence-corrected chi connectivity index (χ1v) is 11.2. The van der Waals surface area contributed by atoms with Crippen LogP contribution < -0.4 is 10.1 Å². The molecule has 0 spiro atoms. The maximum Gasteiger partial charge on any atom is 0.341 e. The normalized spacial score (nSPS) is 10.9. The molecule has 34 heavy (non-hydrogen) atoms. The van der Waals surface area contributed by atoms with Crippen LogP contribution in [-0.2, 0) is 4.74 Å². The number of esters is 1. The monoisotopic (exact) mass is 456 g/mol. The summed E-state index contributed by atoms with van der Waals surface area (Å²) >= 11 is 0. The van der Waals surface area contributed by atoms with Crippen molar-refractivity contribution in [1.29, 1.82) is 0 Å². The Morgan fingerprint density at radius 3 is 2.47 bits per heavy atom. The molecule has 2 N–H and O–H groups in total. The summed E-state index contributed by atoms with van der Waals surface area (Å²) < 4.78 is 10.4. The van der Waals surface area contributed by atoms with E-state index in [0.717, 1.165) is 44.3 Å². The minimum atomic E-state index is -0.480. The minimum Gasteiger partial charge on any atom is -0.496 e. The molecule has 1 amide bonds. The Hall–Kier alpha value is -4.06. The van der Waals surface area contributed by atoms with Gasteiger partial charge in [-0.15, -0.1) is 0 Å². The number of nitrogens with one attached hydrogen (secondary N) is 2. The molecule has 0 bridgehead atoms.